The van der Waals surface area contributed by atoms with Crippen molar-refractivity contribution in [3.8, 4) is 0 Å². The summed E-state index contributed by atoms with van der Waals surface area (Å²) in [5, 5.41) is 8.60. The quantitative estimate of drug-likeness (QED) is 0.925. The van der Waals surface area contributed by atoms with Crippen molar-refractivity contribution in [2.24, 2.45) is 0 Å². The van der Waals surface area contributed by atoms with Crippen molar-refractivity contribution >= 4 is 21.9 Å². The van der Waals surface area contributed by atoms with E-state index in [0.717, 1.165) is 0 Å². The number of halogens is 1. The first-order chi connectivity index (χ1) is 7.99. The smallest absolute Gasteiger partial charge is 0.303 e. The van der Waals surface area contributed by atoms with Gasteiger partial charge in [-0.1, -0.05) is 0 Å². The molecule has 2 heterocycles. The van der Waals surface area contributed by atoms with E-state index in [1.807, 2.05) is 0 Å². The van der Waals surface area contributed by atoms with Gasteiger partial charge in [-0.3, -0.25) is 4.79 Å². The number of aliphatic carboxylic acids is 1. The van der Waals surface area contributed by atoms with Crippen molar-refractivity contribution in [1.29, 1.82) is 0 Å². The van der Waals surface area contributed by atoms with Crippen LogP contribution in [0.3, 0.4) is 0 Å². The zero-order chi connectivity index (χ0) is 12.5. The molecule has 17 heavy (non-hydrogen) atoms. The predicted octanol–water partition coefficient (Wildman–Crippen LogP) is 2.50. The van der Waals surface area contributed by atoms with E-state index in [-0.39, 0.29) is 12.5 Å². The number of carboxylic acid groups (broad SMARTS) is 1. The molecule has 0 aliphatic carbocycles. The summed E-state index contributed by atoms with van der Waals surface area (Å²) in [4.78, 5) is 10.5. The third-order valence-electron chi connectivity index (χ3n) is 2.64. The van der Waals surface area contributed by atoms with Crippen molar-refractivity contribution in [3.05, 3.63) is 22.6 Å². The van der Waals surface area contributed by atoms with Crippen LogP contribution < -0.4 is 0 Å². The molecule has 0 radical (unpaired) electrons. The van der Waals surface area contributed by atoms with Gasteiger partial charge >= 0.3 is 5.97 Å². The fraction of sp³-hybridized carbons (Fsp3) is 0.545. The van der Waals surface area contributed by atoms with Gasteiger partial charge in [0.25, 0.3) is 0 Å². The number of carbonyl (C=O) groups is 1. The van der Waals surface area contributed by atoms with Crippen LogP contribution in [0.5, 0.6) is 0 Å². The molecule has 1 aliphatic rings. The van der Waals surface area contributed by atoms with Crippen molar-refractivity contribution in [3.63, 3.8) is 0 Å². The van der Waals surface area contributed by atoms with E-state index in [0.29, 0.717) is 23.5 Å². The highest BCUT2D eigenvalue weighted by atomic mass is 79.9. The Hall–Kier alpha value is -0.850. The van der Waals surface area contributed by atoms with Crippen molar-refractivity contribution < 1.29 is 23.8 Å². The Bertz CT molecular complexity index is 416. The molecule has 6 heteroatoms. The molecule has 0 aromatic carbocycles. The second-order valence-electron chi connectivity index (χ2n) is 4.03. The first-order valence-corrected chi connectivity index (χ1v) is 6.08. The molecule has 1 fully saturated rings. The molecule has 2 unspecified atom stereocenters. The maximum atomic E-state index is 10.5. The van der Waals surface area contributed by atoms with E-state index in [2.05, 4.69) is 15.9 Å². The zero-order valence-corrected chi connectivity index (χ0v) is 10.9. The first kappa shape index (κ1) is 12.6. The minimum absolute atomic E-state index is 0.0754. The van der Waals surface area contributed by atoms with E-state index in [1.54, 1.807) is 19.1 Å². The molecule has 2 atom stereocenters. The van der Waals surface area contributed by atoms with Gasteiger partial charge in [0.15, 0.2) is 10.4 Å². The highest BCUT2D eigenvalue weighted by molar-refractivity contribution is 9.10. The summed E-state index contributed by atoms with van der Waals surface area (Å²) in [5.74, 6) is -1.18. The normalized spacial score (nSPS) is 28.5. The number of hydrogen-bond acceptors (Lipinski definition) is 4. The van der Waals surface area contributed by atoms with Crippen LogP contribution in [0, 0.1) is 0 Å². The minimum atomic E-state index is -0.921. The Labute approximate surface area is 107 Å². The summed E-state index contributed by atoms with van der Waals surface area (Å²) < 4.78 is 17.3. The molecule has 0 saturated carbocycles. The van der Waals surface area contributed by atoms with Crippen molar-refractivity contribution in [1.82, 2.24) is 0 Å². The van der Waals surface area contributed by atoms with E-state index >= 15 is 0 Å². The lowest BCUT2D eigenvalue weighted by Crippen LogP contribution is -2.23. The van der Waals surface area contributed by atoms with Gasteiger partial charge < -0.3 is 19.0 Å². The van der Waals surface area contributed by atoms with Crippen LogP contribution in [0.25, 0.3) is 0 Å². The third-order valence-corrected chi connectivity index (χ3v) is 3.06. The summed E-state index contributed by atoms with van der Waals surface area (Å²) >= 11 is 3.21. The number of carboxylic acids is 1. The topological polar surface area (TPSA) is 68.9 Å². The minimum Gasteiger partial charge on any atom is -0.481 e. The highest BCUT2D eigenvalue weighted by Gasteiger charge is 2.41. The molecule has 0 amide bonds. The molecule has 94 valence electrons. The third kappa shape index (κ3) is 2.88. The number of rotatable bonds is 4. The molecule has 0 bridgehead atoms. The Morgan fingerprint density at radius 2 is 2.41 bits per heavy atom. The predicted molar refractivity (Wildman–Crippen MR) is 61.5 cm³/mol. The summed E-state index contributed by atoms with van der Waals surface area (Å²) in [6.07, 6.45) is 0.304. The standard InChI is InChI=1S/C11H13BrO5/c1-11(8-3-4-9(12)16-8)15-6-7(17-11)2-5-10(13)14/h3-4,7H,2,5-6H2,1H3,(H,13,14). The van der Waals surface area contributed by atoms with Crippen LogP contribution in [0.15, 0.2) is 21.2 Å². The van der Waals surface area contributed by atoms with E-state index in [1.165, 1.54) is 0 Å². The number of furan rings is 1. The SMILES string of the molecule is CC1(c2ccc(Br)o2)OCC(CCC(=O)O)O1. The Balaban J connectivity index is 1.98. The molecular formula is C11H13BrO5. The first-order valence-electron chi connectivity index (χ1n) is 5.29. The molecule has 5 nitrogen and oxygen atoms in total. The number of ether oxygens (including phenoxy) is 2. The maximum absolute atomic E-state index is 10.5. The van der Waals surface area contributed by atoms with Crippen molar-refractivity contribution in [2.75, 3.05) is 6.61 Å². The van der Waals surface area contributed by atoms with E-state index < -0.39 is 11.8 Å². The molecule has 2 rings (SSSR count). The summed E-state index contributed by atoms with van der Waals surface area (Å²) in [6.45, 7) is 2.14. The van der Waals surface area contributed by atoms with Gasteiger partial charge in [-0.15, -0.1) is 0 Å². The molecule has 1 aromatic heterocycles. The zero-order valence-electron chi connectivity index (χ0n) is 9.31. The van der Waals surface area contributed by atoms with Crippen LogP contribution in [0.2, 0.25) is 0 Å². The Morgan fingerprint density at radius 3 is 3.00 bits per heavy atom. The average molecular weight is 305 g/mol. The Kier molecular flexibility index (Phi) is 3.56. The van der Waals surface area contributed by atoms with Crippen LogP contribution >= 0.6 is 15.9 Å². The fourth-order valence-corrected chi connectivity index (χ4v) is 2.06. The summed E-state index contributed by atoms with van der Waals surface area (Å²) in [6, 6.07) is 3.53. The molecule has 0 spiro atoms. The monoisotopic (exact) mass is 304 g/mol. The average Bonchev–Trinajstić information content (AvgIpc) is 2.83. The van der Waals surface area contributed by atoms with Crippen molar-refractivity contribution in [2.45, 2.75) is 31.7 Å². The van der Waals surface area contributed by atoms with Crippen LogP contribution in [-0.4, -0.2) is 23.8 Å². The number of hydrogen-bond donors (Lipinski definition) is 1. The Morgan fingerprint density at radius 1 is 1.65 bits per heavy atom. The van der Waals surface area contributed by atoms with Gasteiger partial charge in [-0.2, -0.15) is 0 Å². The lowest BCUT2D eigenvalue weighted by molar-refractivity contribution is -0.175. The fourth-order valence-electron chi connectivity index (χ4n) is 1.75. The van der Waals surface area contributed by atoms with Crippen LogP contribution in [0.4, 0.5) is 0 Å². The lowest BCUT2D eigenvalue weighted by atomic mass is 10.2. The van der Waals surface area contributed by atoms with Gasteiger partial charge in [-0.25, -0.2) is 0 Å². The molecule has 1 saturated heterocycles. The lowest BCUT2D eigenvalue weighted by Gasteiger charge is -2.20. The van der Waals surface area contributed by atoms with Gasteiger partial charge in [0.2, 0.25) is 5.79 Å². The van der Waals surface area contributed by atoms with Crippen LogP contribution in [0.1, 0.15) is 25.5 Å². The molecular weight excluding hydrogens is 292 g/mol. The summed E-state index contributed by atoms with van der Waals surface area (Å²) in [7, 11) is 0. The van der Waals surface area contributed by atoms with Crippen LogP contribution in [-0.2, 0) is 20.1 Å². The van der Waals surface area contributed by atoms with E-state index in [4.69, 9.17) is 19.0 Å². The largest absolute Gasteiger partial charge is 0.481 e. The highest BCUT2D eigenvalue weighted by Crippen LogP contribution is 2.36. The molecule has 1 N–H and O–H groups in total. The van der Waals surface area contributed by atoms with Gasteiger partial charge in [0.1, 0.15) is 0 Å². The van der Waals surface area contributed by atoms with Gasteiger partial charge in [0, 0.05) is 6.42 Å². The maximum Gasteiger partial charge on any atom is 0.303 e. The second kappa shape index (κ2) is 4.80. The van der Waals surface area contributed by atoms with Gasteiger partial charge in [0.05, 0.1) is 12.7 Å². The van der Waals surface area contributed by atoms with Gasteiger partial charge in [-0.05, 0) is 41.4 Å². The summed E-state index contributed by atoms with van der Waals surface area (Å²) in [5.41, 5.74) is 0. The van der Waals surface area contributed by atoms with E-state index in [9.17, 15) is 4.79 Å². The molecule has 1 aromatic rings. The second-order valence-corrected chi connectivity index (χ2v) is 4.81. The molecule has 1 aliphatic heterocycles.